The second-order valence-electron chi connectivity index (χ2n) is 4.89. The van der Waals surface area contributed by atoms with Crippen LogP contribution < -0.4 is 0 Å². The molecule has 2 aliphatic rings. The van der Waals surface area contributed by atoms with E-state index in [0.717, 1.165) is 44.9 Å². The van der Waals surface area contributed by atoms with Gasteiger partial charge < -0.3 is 5.11 Å². The van der Waals surface area contributed by atoms with Crippen molar-refractivity contribution in [3.8, 4) is 0 Å². The Bertz CT molecular complexity index is 322. The van der Waals surface area contributed by atoms with Gasteiger partial charge in [-0.1, -0.05) is 19.3 Å². The minimum absolute atomic E-state index is 0.0358. The van der Waals surface area contributed by atoms with Crippen molar-refractivity contribution >= 4 is 10.0 Å². The zero-order chi connectivity index (χ0) is 11.6. The van der Waals surface area contributed by atoms with Gasteiger partial charge in [-0.3, -0.25) is 0 Å². The van der Waals surface area contributed by atoms with E-state index < -0.39 is 10.0 Å². The summed E-state index contributed by atoms with van der Waals surface area (Å²) in [7, 11) is -3.15. The van der Waals surface area contributed by atoms with E-state index in [-0.39, 0.29) is 17.9 Å². The van der Waals surface area contributed by atoms with Crippen molar-refractivity contribution in [3.63, 3.8) is 0 Å². The van der Waals surface area contributed by atoms with Gasteiger partial charge in [-0.25, -0.2) is 8.42 Å². The van der Waals surface area contributed by atoms with Crippen molar-refractivity contribution in [1.29, 1.82) is 0 Å². The summed E-state index contributed by atoms with van der Waals surface area (Å²) in [4.78, 5) is 0. The normalized spacial score (nSPS) is 29.7. The Morgan fingerprint density at radius 2 is 1.75 bits per heavy atom. The Labute approximate surface area is 97.7 Å². The number of sulfonamides is 1. The molecule has 0 aromatic carbocycles. The lowest BCUT2D eigenvalue weighted by Crippen LogP contribution is -2.43. The molecule has 2 rings (SSSR count). The van der Waals surface area contributed by atoms with Crippen LogP contribution in [0.15, 0.2) is 0 Å². The molecule has 5 heteroatoms. The Kier molecular flexibility index (Phi) is 3.87. The second-order valence-corrected chi connectivity index (χ2v) is 7.06. The zero-order valence-corrected chi connectivity index (χ0v) is 10.5. The maximum atomic E-state index is 12.4. The lowest BCUT2D eigenvalue weighted by Gasteiger charge is -2.29. The van der Waals surface area contributed by atoms with E-state index in [9.17, 15) is 13.5 Å². The van der Waals surface area contributed by atoms with Gasteiger partial charge in [-0.05, 0) is 25.7 Å². The van der Waals surface area contributed by atoms with Crippen LogP contribution in [0.25, 0.3) is 0 Å². The highest BCUT2D eigenvalue weighted by atomic mass is 32.2. The molecule has 0 unspecified atom stereocenters. The lowest BCUT2D eigenvalue weighted by atomic mass is 10.0. The maximum Gasteiger partial charge on any atom is 0.217 e. The summed E-state index contributed by atoms with van der Waals surface area (Å²) in [5.74, 6) is 0. The van der Waals surface area contributed by atoms with Crippen LogP contribution in [0.1, 0.15) is 44.9 Å². The summed E-state index contributed by atoms with van der Waals surface area (Å²) in [6.07, 6.45) is 6.52. The smallest absolute Gasteiger partial charge is 0.217 e. The molecule has 1 heterocycles. The fourth-order valence-electron chi connectivity index (χ4n) is 2.88. The van der Waals surface area contributed by atoms with E-state index >= 15 is 0 Å². The van der Waals surface area contributed by atoms with Gasteiger partial charge in [0.15, 0.2) is 0 Å². The van der Waals surface area contributed by atoms with Gasteiger partial charge >= 0.3 is 0 Å². The Morgan fingerprint density at radius 1 is 1.06 bits per heavy atom. The van der Waals surface area contributed by atoms with E-state index in [4.69, 9.17) is 0 Å². The van der Waals surface area contributed by atoms with Gasteiger partial charge in [-0.2, -0.15) is 4.31 Å². The van der Waals surface area contributed by atoms with Crippen LogP contribution >= 0.6 is 0 Å². The summed E-state index contributed by atoms with van der Waals surface area (Å²) in [6.45, 7) is 0.565. The van der Waals surface area contributed by atoms with Crippen LogP contribution in [0.5, 0.6) is 0 Å². The predicted octanol–water partition coefficient (Wildman–Crippen LogP) is 1.11. The fraction of sp³-hybridized carbons (Fsp3) is 1.00. The van der Waals surface area contributed by atoms with Crippen molar-refractivity contribution in [2.45, 2.75) is 56.2 Å². The first kappa shape index (κ1) is 12.3. The molecule has 1 N–H and O–H groups in total. The molecule has 0 amide bonds. The van der Waals surface area contributed by atoms with E-state index in [1.807, 2.05) is 0 Å². The topological polar surface area (TPSA) is 57.6 Å². The van der Waals surface area contributed by atoms with Crippen molar-refractivity contribution in [3.05, 3.63) is 0 Å². The minimum Gasteiger partial charge on any atom is -0.395 e. The van der Waals surface area contributed by atoms with Crippen LogP contribution in [0.3, 0.4) is 0 Å². The molecule has 1 aliphatic carbocycles. The molecule has 0 bridgehead atoms. The average Bonchev–Trinajstić information content (AvgIpc) is 2.79. The highest BCUT2D eigenvalue weighted by Crippen LogP contribution is 2.30. The number of aliphatic hydroxyl groups excluding tert-OH is 1. The van der Waals surface area contributed by atoms with Crippen molar-refractivity contribution < 1.29 is 13.5 Å². The van der Waals surface area contributed by atoms with Crippen LogP contribution in [0.4, 0.5) is 0 Å². The molecule has 2 fully saturated rings. The molecule has 1 saturated carbocycles. The monoisotopic (exact) mass is 247 g/mol. The van der Waals surface area contributed by atoms with Crippen molar-refractivity contribution in [2.24, 2.45) is 0 Å². The summed E-state index contributed by atoms with van der Waals surface area (Å²) >= 11 is 0. The standard InChI is InChI=1S/C11H21NO3S/c13-9-10-5-4-8-12(10)16(14,15)11-6-2-1-3-7-11/h10-11,13H,1-9H2/t10-/m1/s1. The first-order valence-electron chi connectivity index (χ1n) is 6.28. The van der Waals surface area contributed by atoms with Crippen LogP contribution in [-0.2, 0) is 10.0 Å². The SMILES string of the molecule is O=S(=O)(C1CCCCC1)N1CCC[C@@H]1CO. The van der Waals surface area contributed by atoms with Crippen molar-refractivity contribution in [1.82, 2.24) is 4.31 Å². The molecule has 0 aromatic rings. The molecular weight excluding hydrogens is 226 g/mol. The van der Waals surface area contributed by atoms with Gasteiger partial charge in [0.2, 0.25) is 10.0 Å². The summed E-state index contributed by atoms with van der Waals surface area (Å²) in [5, 5.41) is 9.01. The zero-order valence-electron chi connectivity index (χ0n) is 9.64. The van der Waals surface area contributed by atoms with E-state index in [1.165, 1.54) is 0 Å². The third kappa shape index (κ3) is 2.26. The largest absolute Gasteiger partial charge is 0.395 e. The molecule has 1 saturated heterocycles. The molecule has 4 nitrogen and oxygen atoms in total. The quantitative estimate of drug-likeness (QED) is 0.812. The summed E-state index contributed by atoms with van der Waals surface area (Å²) in [6, 6.07) is -0.160. The van der Waals surface area contributed by atoms with Gasteiger partial charge in [0.25, 0.3) is 0 Å². The van der Waals surface area contributed by atoms with Crippen LogP contribution in [0.2, 0.25) is 0 Å². The Balaban J connectivity index is 2.11. The molecule has 16 heavy (non-hydrogen) atoms. The highest BCUT2D eigenvalue weighted by Gasteiger charge is 2.39. The summed E-state index contributed by atoms with van der Waals surface area (Å²) < 4.78 is 26.3. The third-order valence-electron chi connectivity index (χ3n) is 3.83. The Hall–Kier alpha value is -0.130. The molecule has 0 spiro atoms. The number of rotatable bonds is 3. The van der Waals surface area contributed by atoms with Gasteiger partial charge in [0.1, 0.15) is 0 Å². The van der Waals surface area contributed by atoms with E-state index in [1.54, 1.807) is 4.31 Å². The van der Waals surface area contributed by atoms with Gasteiger partial charge in [-0.15, -0.1) is 0 Å². The lowest BCUT2D eigenvalue weighted by molar-refractivity contribution is 0.211. The molecular formula is C11H21NO3S. The minimum atomic E-state index is -3.15. The first-order valence-corrected chi connectivity index (χ1v) is 7.78. The van der Waals surface area contributed by atoms with E-state index in [2.05, 4.69) is 0 Å². The molecule has 1 aliphatic heterocycles. The number of aliphatic hydroxyl groups is 1. The van der Waals surface area contributed by atoms with Gasteiger partial charge in [0.05, 0.1) is 11.9 Å². The van der Waals surface area contributed by atoms with Gasteiger partial charge in [0, 0.05) is 12.6 Å². The Morgan fingerprint density at radius 3 is 2.38 bits per heavy atom. The maximum absolute atomic E-state index is 12.4. The molecule has 0 radical (unpaired) electrons. The molecule has 0 aromatic heterocycles. The molecule has 1 atom stereocenters. The number of hydrogen-bond donors (Lipinski definition) is 1. The fourth-order valence-corrected chi connectivity index (χ4v) is 5.16. The average molecular weight is 247 g/mol. The first-order chi connectivity index (χ1) is 7.66. The highest BCUT2D eigenvalue weighted by molar-refractivity contribution is 7.89. The van der Waals surface area contributed by atoms with E-state index in [0.29, 0.717) is 6.54 Å². The second kappa shape index (κ2) is 5.02. The van der Waals surface area contributed by atoms with Crippen LogP contribution in [0, 0.1) is 0 Å². The van der Waals surface area contributed by atoms with Crippen LogP contribution in [-0.4, -0.2) is 42.3 Å². The number of nitrogens with zero attached hydrogens (tertiary/aromatic N) is 1. The predicted molar refractivity (Wildman–Crippen MR) is 62.6 cm³/mol. The third-order valence-corrected chi connectivity index (χ3v) is 6.28. The number of hydrogen-bond acceptors (Lipinski definition) is 3. The summed E-state index contributed by atoms with van der Waals surface area (Å²) in [5.41, 5.74) is 0. The van der Waals surface area contributed by atoms with Crippen molar-refractivity contribution in [2.75, 3.05) is 13.2 Å². The molecule has 94 valence electrons.